The van der Waals surface area contributed by atoms with Crippen LogP contribution in [-0.4, -0.2) is 26.9 Å². The number of alkyl halides is 3. The molecule has 0 unspecified atom stereocenters. The van der Waals surface area contributed by atoms with E-state index in [1.165, 1.54) is 24.0 Å². The normalized spacial score (nSPS) is 16.2. The Kier molecular flexibility index (Phi) is 6.67. The molecule has 1 saturated carbocycles. The summed E-state index contributed by atoms with van der Waals surface area (Å²) in [5.74, 6) is 0.472. The Labute approximate surface area is 188 Å². The number of allylic oxidation sites excluding steroid dienone is 1. The molecule has 3 aromatic rings. The van der Waals surface area contributed by atoms with Crippen LogP contribution in [0, 0.1) is 0 Å². The van der Waals surface area contributed by atoms with Crippen molar-refractivity contribution in [2.45, 2.75) is 37.9 Å². The van der Waals surface area contributed by atoms with Gasteiger partial charge in [-0.2, -0.15) is 13.2 Å². The highest BCUT2D eigenvalue weighted by atomic mass is 19.4. The SMILES string of the molecule is O=C(NC1CCC(=Cc2cccc(Oc3ccc(C(F)(F)F)cn3)c2)CC1)c1ncccn1. The molecular formula is C24H21F3N4O2. The molecule has 1 fully saturated rings. The molecule has 4 rings (SSSR count). The lowest BCUT2D eigenvalue weighted by Gasteiger charge is -2.24. The third-order valence-electron chi connectivity index (χ3n) is 5.25. The molecular weight excluding hydrogens is 433 g/mol. The molecule has 0 aliphatic heterocycles. The van der Waals surface area contributed by atoms with E-state index < -0.39 is 11.7 Å². The van der Waals surface area contributed by atoms with Crippen LogP contribution in [-0.2, 0) is 6.18 Å². The minimum Gasteiger partial charge on any atom is -0.439 e. The first kappa shape index (κ1) is 22.4. The zero-order chi connectivity index (χ0) is 23.3. The van der Waals surface area contributed by atoms with Gasteiger partial charge in [-0.05, 0) is 55.5 Å². The first-order valence-electron chi connectivity index (χ1n) is 10.5. The van der Waals surface area contributed by atoms with Crippen LogP contribution in [0.5, 0.6) is 11.6 Å². The number of nitrogens with one attached hydrogen (secondary N) is 1. The number of amides is 1. The summed E-state index contributed by atoms with van der Waals surface area (Å²) in [7, 11) is 0. The maximum Gasteiger partial charge on any atom is 0.417 e. The second kappa shape index (κ2) is 9.81. The lowest BCUT2D eigenvalue weighted by Crippen LogP contribution is -2.37. The van der Waals surface area contributed by atoms with Gasteiger partial charge in [-0.15, -0.1) is 0 Å². The van der Waals surface area contributed by atoms with Gasteiger partial charge in [0.1, 0.15) is 5.75 Å². The molecule has 33 heavy (non-hydrogen) atoms. The fraction of sp³-hybridized carbons (Fsp3) is 0.250. The first-order chi connectivity index (χ1) is 15.9. The van der Waals surface area contributed by atoms with Crippen molar-refractivity contribution in [3.8, 4) is 11.6 Å². The number of ether oxygens (including phenoxy) is 1. The molecule has 0 atom stereocenters. The Balaban J connectivity index is 1.34. The van der Waals surface area contributed by atoms with Crippen molar-refractivity contribution in [2.24, 2.45) is 0 Å². The van der Waals surface area contributed by atoms with Gasteiger partial charge in [-0.1, -0.05) is 23.8 Å². The number of carbonyl (C=O) groups excluding carboxylic acids is 1. The Bertz CT molecular complexity index is 1120. The Morgan fingerprint density at radius 2 is 1.79 bits per heavy atom. The van der Waals surface area contributed by atoms with Crippen molar-refractivity contribution in [1.29, 1.82) is 0 Å². The largest absolute Gasteiger partial charge is 0.439 e. The monoisotopic (exact) mass is 454 g/mol. The highest BCUT2D eigenvalue weighted by Crippen LogP contribution is 2.31. The molecule has 2 heterocycles. The number of carbonyl (C=O) groups is 1. The zero-order valence-electron chi connectivity index (χ0n) is 17.5. The third kappa shape index (κ3) is 6.15. The molecule has 1 amide bonds. The Morgan fingerprint density at radius 1 is 1.03 bits per heavy atom. The lowest BCUT2D eigenvalue weighted by molar-refractivity contribution is -0.137. The number of rotatable bonds is 5. The summed E-state index contributed by atoms with van der Waals surface area (Å²) in [6, 6.07) is 11.2. The molecule has 0 radical (unpaired) electrons. The molecule has 1 aliphatic carbocycles. The molecule has 0 bridgehead atoms. The standard InChI is InChI=1S/C24H21F3N4O2/c25-24(26,27)18-7-10-21(30-15-18)33-20-4-1-3-17(14-20)13-16-5-8-19(9-6-16)31-23(32)22-28-11-2-12-29-22/h1-4,7,10-15,19H,5-6,8-9H2,(H,31,32). The van der Waals surface area contributed by atoms with E-state index in [1.54, 1.807) is 12.1 Å². The number of benzene rings is 1. The lowest BCUT2D eigenvalue weighted by atomic mass is 9.89. The Morgan fingerprint density at radius 3 is 2.45 bits per heavy atom. The van der Waals surface area contributed by atoms with Gasteiger partial charge < -0.3 is 10.1 Å². The van der Waals surface area contributed by atoms with Gasteiger partial charge in [0, 0.05) is 30.7 Å². The van der Waals surface area contributed by atoms with Crippen molar-refractivity contribution < 1.29 is 22.7 Å². The van der Waals surface area contributed by atoms with E-state index in [1.807, 2.05) is 18.2 Å². The summed E-state index contributed by atoms with van der Waals surface area (Å²) < 4.78 is 43.6. The van der Waals surface area contributed by atoms with Crippen LogP contribution in [0.3, 0.4) is 0 Å². The summed E-state index contributed by atoms with van der Waals surface area (Å²) in [4.78, 5) is 23.9. The van der Waals surface area contributed by atoms with Crippen LogP contribution in [0.25, 0.3) is 6.08 Å². The minimum atomic E-state index is -4.44. The summed E-state index contributed by atoms with van der Waals surface area (Å²) in [5, 5.41) is 2.98. The molecule has 2 aromatic heterocycles. The van der Waals surface area contributed by atoms with E-state index >= 15 is 0 Å². The molecule has 9 heteroatoms. The van der Waals surface area contributed by atoms with Crippen LogP contribution in [0.15, 0.2) is 66.6 Å². The van der Waals surface area contributed by atoms with E-state index in [-0.39, 0.29) is 23.7 Å². The van der Waals surface area contributed by atoms with E-state index in [2.05, 4.69) is 26.3 Å². The van der Waals surface area contributed by atoms with E-state index in [0.717, 1.165) is 43.5 Å². The number of hydrogen-bond donors (Lipinski definition) is 1. The van der Waals surface area contributed by atoms with E-state index in [4.69, 9.17) is 4.74 Å². The van der Waals surface area contributed by atoms with Gasteiger partial charge >= 0.3 is 6.18 Å². The third-order valence-corrected chi connectivity index (χ3v) is 5.25. The van der Waals surface area contributed by atoms with E-state index in [0.29, 0.717) is 5.75 Å². The van der Waals surface area contributed by atoms with Gasteiger partial charge in [0.2, 0.25) is 11.7 Å². The summed E-state index contributed by atoms with van der Waals surface area (Å²) in [5.41, 5.74) is 1.35. The van der Waals surface area contributed by atoms with Crippen LogP contribution in [0.4, 0.5) is 13.2 Å². The van der Waals surface area contributed by atoms with Crippen molar-refractivity contribution in [1.82, 2.24) is 20.3 Å². The van der Waals surface area contributed by atoms with Crippen molar-refractivity contribution in [3.05, 3.63) is 83.6 Å². The number of nitrogens with zero attached hydrogens (tertiary/aromatic N) is 3. The maximum absolute atomic E-state index is 12.7. The summed E-state index contributed by atoms with van der Waals surface area (Å²) in [6.07, 6.45) is 4.77. The van der Waals surface area contributed by atoms with Gasteiger partial charge in [0.15, 0.2) is 0 Å². The molecule has 1 aromatic carbocycles. The fourth-order valence-corrected chi connectivity index (χ4v) is 3.58. The smallest absolute Gasteiger partial charge is 0.417 e. The van der Waals surface area contributed by atoms with Crippen LogP contribution < -0.4 is 10.1 Å². The highest BCUT2D eigenvalue weighted by Gasteiger charge is 2.30. The molecule has 6 nitrogen and oxygen atoms in total. The van der Waals surface area contributed by atoms with Gasteiger partial charge in [0.05, 0.1) is 5.56 Å². The quantitative estimate of drug-likeness (QED) is 0.556. The number of halogens is 3. The van der Waals surface area contributed by atoms with Gasteiger partial charge in [0.25, 0.3) is 5.91 Å². The zero-order valence-corrected chi connectivity index (χ0v) is 17.5. The maximum atomic E-state index is 12.7. The highest BCUT2D eigenvalue weighted by molar-refractivity contribution is 5.90. The average molecular weight is 454 g/mol. The molecule has 170 valence electrons. The number of pyridine rings is 1. The van der Waals surface area contributed by atoms with Gasteiger partial charge in [-0.25, -0.2) is 15.0 Å². The van der Waals surface area contributed by atoms with Gasteiger partial charge in [-0.3, -0.25) is 4.79 Å². The second-order valence-corrected chi connectivity index (χ2v) is 7.68. The average Bonchev–Trinajstić information content (AvgIpc) is 2.81. The summed E-state index contributed by atoms with van der Waals surface area (Å²) in [6.45, 7) is 0. The fourth-order valence-electron chi connectivity index (χ4n) is 3.58. The number of aromatic nitrogens is 3. The second-order valence-electron chi connectivity index (χ2n) is 7.68. The molecule has 0 saturated heterocycles. The summed E-state index contributed by atoms with van der Waals surface area (Å²) >= 11 is 0. The van der Waals surface area contributed by atoms with E-state index in [9.17, 15) is 18.0 Å². The molecule has 1 aliphatic rings. The predicted molar refractivity (Wildman–Crippen MR) is 115 cm³/mol. The van der Waals surface area contributed by atoms with Crippen molar-refractivity contribution >= 4 is 12.0 Å². The Hall–Kier alpha value is -3.75. The first-order valence-corrected chi connectivity index (χ1v) is 10.5. The minimum absolute atomic E-state index is 0.0684. The van der Waals surface area contributed by atoms with Crippen molar-refractivity contribution in [3.63, 3.8) is 0 Å². The topological polar surface area (TPSA) is 77.0 Å². The number of hydrogen-bond acceptors (Lipinski definition) is 5. The van der Waals surface area contributed by atoms with Crippen LogP contribution >= 0.6 is 0 Å². The molecule has 1 N–H and O–H groups in total. The molecule has 0 spiro atoms. The van der Waals surface area contributed by atoms with Crippen LogP contribution in [0.2, 0.25) is 0 Å². The van der Waals surface area contributed by atoms with Crippen molar-refractivity contribution in [2.75, 3.05) is 0 Å². The van der Waals surface area contributed by atoms with Crippen LogP contribution in [0.1, 0.15) is 47.4 Å². The predicted octanol–water partition coefficient (Wildman–Crippen LogP) is 5.44.